The van der Waals surface area contributed by atoms with Crippen molar-refractivity contribution in [2.24, 2.45) is 0 Å². The minimum Gasteiger partial charge on any atom is -1.00 e. The highest BCUT2D eigenvalue weighted by Gasteiger charge is 2.46. The number of hydrogen-bond acceptors (Lipinski definition) is 2. The first-order valence-corrected chi connectivity index (χ1v) is 6.91. The van der Waals surface area contributed by atoms with Crippen molar-refractivity contribution in [1.29, 1.82) is 0 Å². The second-order valence-corrected chi connectivity index (χ2v) is 5.78. The summed E-state index contributed by atoms with van der Waals surface area (Å²) in [6.45, 7) is 4.31. The highest BCUT2D eigenvalue weighted by molar-refractivity contribution is 5.92. The van der Waals surface area contributed by atoms with Gasteiger partial charge in [0.15, 0.2) is 0 Å². The van der Waals surface area contributed by atoms with E-state index >= 15 is 0 Å². The van der Waals surface area contributed by atoms with E-state index in [2.05, 4.69) is 32.2 Å². The van der Waals surface area contributed by atoms with E-state index in [1.54, 1.807) is 4.90 Å². The number of nitrogens with one attached hydrogen (secondary N) is 1. The third-order valence-corrected chi connectivity index (χ3v) is 4.44. The van der Waals surface area contributed by atoms with Gasteiger partial charge in [-0.1, -0.05) is 17.7 Å². The van der Waals surface area contributed by atoms with Crippen LogP contribution in [-0.4, -0.2) is 39.4 Å². The number of methoxy groups -OCH3 is 1. The number of quaternary nitrogens is 1. The summed E-state index contributed by atoms with van der Waals surface area (Å²) in [6.07, 6.45) is 0.816. The van der Waals surface area contributed by atoms with Gasteiger partial charge < -0.3 is 22.0 Å². The molecule has 0 bridgehead atoms. The number of fused-ring (bicyclic) bond motifs is 3. The number of nitrogens with zero attached hydrogens (tertiary/aromatic N) is 1. The summed E-state index contributed by atoms with van der Waals surface area (Å²) < 4.78 is 4.98. The van der Waals surface area contributed by atoms with Crippen LogP contribution in [-0.2, 0) is 4.74 Å². The molecule has 3 rings (SSSR count). The molecule has 1 aromatic carbocycles. The molecule has 1 N–H and O–H groups in total. The fourth-order valence-electron chi connectivity index (χ4n) is 3.54. The van der Waals surface area contributed by atoms with Gasteiger partial charge in [-0.25, -0.2) is 4.79 Å². The molecular weight excluding hydrogens is 276 g/mol. The summed E-state index contributed by atoms with van der Waals surface area (Å²) in [7, 11) is 3.69. The molecular formula is C15H21ClN2O2. The fraction of sp³-hybridized carbons (Fsp3) is 0.533. The van der Waals surface area contributed by atoms with Gasteiger partial charge in [0.1, 0.15) is 0 Å². The second kappa shape index (κ2) is 5.62. The smallest absolute Gasteiger partial charge is 0.414 e. The molecule has 2 aliphatic rings. The van der Waals surface area contributed by atoms with Gasteiger partial charge in [0.25, 0.3) is 0 Å². The molecule has 1 amide bonds. The average molecular weight is 297 g/mol. The van der Waals surface area contributed by atoms with Crippen LogP contribution >= 0.6 is 0 Å². The second-order valence-electron chi connectivity index (χ2n) is 5.78. The lowest BCUT2D eigenvalue weighted by atomic mass is 9.89. The molecule has 5 heteroatoms. The fourth-order valence-corrected chi connectivity index (χ4v) is 3.54. The van der Waals surface area contributed by atoms with Crippen molar-refractivity contribution in [3.63, 3.8) is 0 Å². The van der Waals surface area contributed by atoms with E-state index in [1.807, 2.05) is 4.90 Å². The molecule has 0 spiro atoms. The van der Waals surface area contributed by atoms with Crippen molar-refractivity contribution in [2.75, 3.05) is 32.1 Å². The Balaban J connectivity index is 0.00000147. The Kier molecular flexibility index (Phi) is 4.25. The zero-order valence-corrected chi connectivity index (χ0v) is 12.9. The van der Waals surface area contributed by atoms with Crippen molar-refractivity contribution in [3.05, 3.63) is 29.3 Å². The maximum atomic E-state index is 12.1. The van der Waals surface area contributed by atoms with E-state index in [0.29, 0.717) is 5.92 Å². The van der Waals surface area contributed by atoms with Gasteiger partial charge in [0, 0.05) is 6.42 Å². The molecule has 1 aromatic rings. The van der Waals surface area contributed by atoms with Crippen molar-refractivity contribution >= 4 is 11.8 Å². The number of carbonyl (C=O) groups is 1. The molecule has 3 atom stereocenters. The molecule has 1 fully saturated rings. The summed E-state index contributed by atoms with van der Waals surface area (Å²) in [6, 6.07) is 6.64. The molecule has 20 heavy (non-hydrogen) atoms. The monoisotopic (exact) mass is 296 g/mol. The van der Waals surface area contributed by atoms with Crippen molar-refractivity contribution in [1.82, 2.24) is 0 Å². The molecule has 1 saturated heterocycles. The average Bonchev–Trinajstić information content (AvgIpc) is 2.71. The number of hydrogen-bond donors (Lipinski definition) is 1. The maximum Gasteiger partial charge on any atom is 0.414 e. The summed E-state index contributed by atoms with van der Waals surface area (Å²) in [5.41, 5.74) is 3.61. The van der Waals surface area contributed by atoms with E-state index < -0.39 is 0 Å². The molecule has 0 aromatic heterocycles. The van der Waals surface area contributed by atoms with E-state index in [1.165, 1.54) is 18.2 Å². The van der Waals surface area contributed by atoms with Gasteiger partial charge in [-0.15, -0.1) is 0 Å². The summed E-state index contributed by atoms with van der Waals surface area (Å²) >= 11 is 0. The van der Waals surface area contributed by atoms with Gasteiger partial charge in [0.05, 0.1) is 44.9 Å². The van der Waals surface area contributed by atoms with Crippen molar-refractivity contribution in [3.8, 4) is 0 Å². The van der Waals surface area contributed by atoms with Gasteiger partial charge in [-0.3, -0.25) is 4.90 Å². The molecule has 0 aliphatic carbocycles. The van der Waals surface area contributed by atoms with Crippen LogP contribution in [0.25, 0.3) is 0 Å². The molecule has 110 valence electrons. The molecule has 2 aliphatic heterocycles. The number of halogens is 1. The number of benzene rings is 1. The predicted molar refractivity (Wildman–Crippen MR) is 73.8 cm³/mol. The van der Waals surface area contributed by atoms with Gasteiger partial charge in [0.2, 0.25) is 0 Å². The summed E-state index contributed by atoms with van der Waals surface area (Å²) in [4.78, 5) is 15.5. The Hall–Kier alpha value is -1.26. The Labute approximate surface area is 126 Å². The van der Waals surface area contributed by atoms with Crippen LogP contribution in [0.1, 0.15) is 23.5 Å². The maximum absolute atomic E-state index is 12.1. The molecule has 4 nitrogen and oxygen atoms in total. The summed E-state index contributed by atoms with van der Waals surface area (Å²) in [5, 5.41) is 0. The van der Waals surface area contributed by atoms with E-state index in [0.717, 1.165) is 25.2 Å². The number of rotatable bonds is 0. The van der Waals surface area contributed by atoms with Crippen LogP contribution < -0.4 is 22.2 Å². The Morgan fingerprint density at radius 2 is 2.20 bits per heavy atom. The third kappa shape index (κ3) is 2.27. The minimum atomic E-state index is -0.225. The standard InChI is InChI=1S/C15H20N2O2.ClH/c1-10-4-5-13-11(8-10)12-9-16(2)7-6-14(12)17(13)15(18)19-3;/h4-5,8,12,14H,6-7,9H2,1-3H3;1H/t12-,14+;/m0./s1. The number of piperidine rings is 1. The lowest BCUT2D eigenvalue weighted by Gasteiger charge is -2.33. The van der Waals surface area contributed by atoms with Crippen molar-refractivity contribution < 1.29 is 26.8 Å². The predicted octanol–water partition coefficient (Wildman–Crippen LogP) is -2.04. The Morgan fingerprint density at radius 3 is 2.90 bits per heavy atom. The lowest BCUT2D eigenvalue weighted by molar-refractivity contribution is -0.886. The first-order chi connectivity index (χ1) is 9.11. The highest BCUT2D eigenvalue weighted by atomic mass is 35.5. The highest BCUT2D eigenvalue weighted by Crippen LogP contribution is 2.43. The van der Waals surface area contributed by atoms with Gasteiger partial charge >= 0.3 is 6.09 Å². The number of likely N-dealkylation sites (N-methyl/N-ethyl adjacent to an activating group) is 1. The number of anilines is 1. The summed E-state index contributed by atoms with van der Waals surface area (Å²) in [5.74, 6) is 0.447. The molecule has 0 saturated carbocycles. The van der Waals surface area contributed by atoms with Crippen LogP contribution in [0.3, 0.4) is 0 Å². The number of carbonyl (C=O) groups excluding carboxylic acids is 1. The van der Waals surface area contributed by atoms with Crippen LogP contribution in [0.4, 0.5) is 10.5 Å². The van der Waals surface area contributed by atoms with Crippen molar-refractivity contribution in [2.45, 2.75) is 25.3 Å². The van der Waals surface area contributed by atoms with Gasteiger partial charge in [-0.2, -0.15) is 0 Å². The normalized spacial score (nSPS) is 27.4. The van der Waals surface area contributed by atoms with E-state index in [-0.39, 0.29) is 24.5 Å². The quantitative estimate of drug-likeness (QED) is 0.598. The van der Waals surface area contributed by atoms with E-state index in [4.69, 9.17) is 4.74 Å². The lowest BCUT2D eigenvalue weighted by Crippen LogP contribution is -3.11. The largest absolute Gasteiger partial charge is 1.00 e. The number of amides is 1. The zero-order valence-electron chi connectivity index (χ0n) is 12.1. The zero-order chi connectivity index (χ0) is 13.6. The Bertz CT molecular complexity index is 521. The van der Waals surface area contributed by atoms with Crippen LogP contribution in [0.2, 0.25) is 0 Å². The first-order valence-electron chi connectivity index (χ1n) is 6.91. The number of ether oxygens (including phenoxy) is 1. The number of likely N-dealkylation sites (tertiary alicyclic amines) is 1. The number of aryl methyl sites for hydroxylation is 1. The van der Waals surface area contributed by atoms with Gasteiger partial charge in [-0.05, 0) is 18.6 Å². The SMILES string of the molecule is COC(=O)N1c2ccc(C)cc2[C@@H]2C[NH+](C)CC[C@H]21.[Cl-]. The van der Waals surface area contributed by atoms with Crippen LogP contribution in [0, 0.1) is 6.92 Å². The molecule has 1 unspecified atom stereocenters. The van der Waals surface area contributed by atoms with Crippen LogP contribution in [0.15, 0.2) is 18.2 Å². The first kappa shape index (κ1) is 15.1. The topological polar surface area (TPSA) is 34.0 Å². The minimum absolute atomic E-state index is 0. The van der Waals surface area contributed by atoms with E-state index in [9.17, 15) is 4.79 Å². The molecule has 0 radical (unpaired) electrons. The third-order valence-electron chi connectivity index (χ3n) is 4.44. The van der Waals surface area contributed by atoms with Crippen LogP contribution in [0.5, 0.6) is 0 Å². The Morgan fingerprint density at radius 1 is 1.45 bits per heavy atom. The molecule has 2 heterocycles.